The van der Waals surface area contributed by atoms with E-state index in [0.717, 1.165) is 0 Å². The Labute approximate surface area is 92.0 Å². The molecule has 16 heavy (non-hydrogen) atoms. The summed E-state index contributed by atoms with van der Waals surface area (Å²) in [4.78, 5) is 3.99. The molecule has 1 heterocycles. The van der Waals surface area contributed by atoms with Crippen LogP contribution in [0.1, 0.15) is 12.8 Å². The van der Waals surface area contributed by atoms with Gasteiger partial charge >= 0.3 is 6.18 Å². The van der Waals surface area contributed by atoms with E-state index in [1.807, 2.05) is 0 Å². The molecule has 0 radical (unpaired) electrons. The summed E-state index contributed by atoms with van der Waals surface area (Å²) < 4.78 is 37.5. The van der Waals surface area contributed by atoms with Crippen LogP contribution in [0.25, 0.3) is 0 Å². The highest BCUT2D eigenvalue weighted by molar-refractivity contribution is 5.26. The molecule has 0 spiro atoms. The summed E-state index contributed by atoms with van der Waals surface area (Å²) in [5, 5.41) is 2.94. The maximum absolute atomic E-state index is 11.9. The molecule has 6 heteroatoms. The van der Waals surface area contributed by atoms with Crippen LogP contribution in [0.5, 0.6) is 0 Å². The number of hydrogen-bond acceptors (Lipinski definition) is 2. The Morgan fingerprint density at radius 3 is 2.88 bits per heavy atom. The van der Waals surface area contributed by atoms with Crippen LogP contribution in [0.3, 0.4) is 0 Å². The summed E-state index contributed by atoms with van der Waals surface area (Å²) in [7, 11) is 0. The molecule has 0 aliphatic rings. The lowest BCUT2D eigenvalue weighted by molar-refractivity contribution is -0.135. The summed E-state index contributed by atoms with van der Waals surface area (Å²) in [5.74, 6) is 0.571. The smallest absolute Gasteiger partial charge is 0.352 e. The number of aromatic nitrogens is 2. The highest BCUT2D eigenvalue weighted by Gasteiger charge is 2.26. The van der Waals surface area contributed by atoms with E-state index in [9.17, 15) is 13.2 Å². The minimum absolute atomic E-state index is 0.0582. The third-order valence-electron chi connectivity index (χ3n) is 1.98. The van der Waals surface area contributed by atoms with Crippen LogP contribution in [0.4, 0.5) is 19.1 Å². The van der Waals surface area contributed by atoms with Crippen molar-refractivity contribution in [3.8, 4) is 0 Å². The molecular formula is C10H14F3N3. The van der Waals surface area contributed by atoms with E-state index in [-0.39, 0.29) is 6.42 Å². The van der Waals surface area contributed by atoms with Gasteiger partial charge in [0.05, 0.1) is 0 Å². The first-order valence-corrected chi connectivity index (χ1v) is 4.95. The third-order valence-corrected chi connectivity index (χ3v) is 1.98. The van der Waals surface area contributed by atoms with E-state index in [1.54, 1.807) is 23.0 Å². The number of nitrogens with one attached hydrogen (secondary N) is 1. The van der Waals surface area contributed by atoms with Gasteiger partial charge in [-0.2, -0.15) is 13.2 Å². The zero-order valence-electron chi connectivity index (χ0n) is 8.80. The molecule has 90 valence electrons. The summed E-state index contributed by atoms with van der Waals surface area (Å²) in [6.45, 7) is 4.38. The van der Waals surface area contributed by atoms with Crippen molar-refractivity contribution in [1.29, 1.82) is 0 Å². The number of nitrogens with zero attached hydrogens (tertiary/aromatic N) is 2. The van der Waals surface area contributed by atoms with Gasteiger partial charge in [-0.3, -0.25) is 0 Å². The van der Waals surface area contributed by atoms with Gasteiger partial charge in [0.15, 0.2) is 0 Å². The zero-order valence-corrected chi connectivity index (χ0v) is 8.80. The van der Waals surface area contributed by atoms with Crippen molar-refractivity contribution in [2.45, 2.75) is 25.6 Å². The molecule has 0 unspecified atom stereocenters. The average molecular weight is 233 g/mol. The first-order valence-electron chi connectivity index (χ1n) is 4.95. The van der Waals surface area contributed by atoms with E-state index in [2.05, 4.69) is 16.9 Å². The molecule has 0 saturated heterocycles. The van der Waals surface area contributed by atoms with Crippen molar-refractivity contribution >= 4 is 5.95 Å². The van der Waals surface area contributed by atoms with Crippen LogP contribution in [-0.4, -0.2) is 22.3 Å². The molecule has 1 N–H and O–H groups in total. The molecule has 0 fully saturated rings. The Bertz CT molecular complexity index is 330. The predicted octanol–water partition coefficient (Wildman–Crippen LogP) is 2.82. The van der Waals surface area contributed by atoms with Gasteiger partial charge in [-0.05, 0) is 6.42 Å². The molecule has 0 aliphatic carbocycles. The molecule has 0 aromatic carbocycles. The van der Waals surface area contributed by atoms with Crippen LogP contribution in [-0.2, 0) is 6.54 Å². The van der Waals surface area contributed by atoms with Gasteiger partial charge in [0.1, 0.15) is 0 Å². The Kier molecular flexibility index (Phi) is 4.39. The van der Waals surface area contributed by atoms with Crippen molar-refractivity contribution in [1.82, 2.24) is 9.55 Å². The standard InChI is InChI=1S/C10H14F3N3/c1-2-5-14-9-15-6-8-16(9)7-3-4-10(11,12)13/h2,6,8H,1,3-5,7H2,(H,14,15). The molecular weight excluding hydrogens is 219 g/mol. The fraction of sp³-hybridized carbons (Fsp3) is 0.500. The lowest BCUT2D eigenvalue weighted by atomic mass is 10.3. The van der Waals surface area contributed by atoms with Gasteiger partial charge in [0.25, 0.3) is 0 Å². The Morgan fingerprint density at radius 1 is 1.50 bits per heavy atom. The van der Waals surface area contributed by atoms with E-state index in [1.165, 1.54) is 0 Å². The number of aryl methyl sites for hydroxylation is 1. The number of anilines is 1. The second kappa shape index (κ2) is 5.58. The Morgan fingerprint density at radius 2 is 2.25 bits per heavy atom. The highest BCUT2D eigenvalue weighted by Crippen LogP contribution is 2.22. The van der Waals surface area contributed by atoms with Gasteiger partial charge in [-0.15, -0.1) is 6.58 Å². The highest BCUT2D eigenvalue weighted by atomic mass is 19.4. The lowest BCUT2D eigenvalue weighted by Crippen LogP contribution is -2.11. The zero-order chi connectivity index (χ0) is 12.0. The van der Waals surface area contributed by atoms with Gasteiger partial charge < -0.3 is 9.88 Å². The van der Waals surface area contributed by atoms with Gasteiger partial charge in [0.2, 0.25) is 5.95 Å². The van der Waals surface area contributed by atoms with Crippen LogP contribution >= 0.6 is 0 Å². The summed E-state index contributed by atoms with van der Waals surface area (Å²) in [6, 6.07) is 0. The predicted molar refractivity (Wildman–Crippen MR) is 56.2 cm³/mol. The summed E-state index contributed by atoms with van der Waals surface area (Å²) in [5.41, 5.74) is 0. The van der Waals surface area contributed by atoms with Crippen LogP contribution in [0, 0.1) is 0 Å². The lowest BCUT2D eigenvalue weighted by Gasteiger charge is -2.09. The topological polar surface area (TPSA) is 29.9 Å². The largest absolute Gasteiger partial charge is 0.389 e. The van der Waals surface area contributed by atoms with Crippen molar-refractivity contribution in [2.24, 2.45) is 0 Å². The molecule has 0 bridgehead atoms. The molecule has 1 aromatic heterocycles. The molecule has 0 saturated carbocycles. The molecule has 0 amide bonds. The van der Waals surface area contributed by atoms with E-state index >= 15 is 0 Å². The van der Waals surface area contributed by atoms with E-state index in [4.69, 9.17) is 0 Å². The van der Waals surface area contributed by atoms with Gasteiger partial charge in [0, 0.05) is 31.9 Å². The maximum atomic E-state index is 11.9. The molecule has 1 aromatic rings. The normalized spacial score (nSPS) is 11.4. The fourth-order valence-electron chi connectivity index (χ4n) is 1.27. The van der Waals surface area contributed by atoms with Crippen LogP contribution in [0.2, 0.25) is 0 Å². The molecule has 3 nitrogen and oxygen atoms in total. The monoisotopic (exact) mass is 233 g/mol. The Balaban J connectivity index is 2.41. The first kappa shape index (κ1) is 12.6. The maximum Gasteiger partial charge on any atom is 0.389 e. The second-order valence-corrected chi connectivity index (χ2v) is 3.33. The Hall–Kier alpha value is -1.46. The van der Waals surface area contributed by atoms with Crippen LogP contribution in [0.15, 0.2) is 25.0 Å². The fourth-order valence-corrected chi connectivity index (χ4v) is 1.27. The number of alkyl halides is 3. The quantitative estimate of drug-likeness (QED) is 0.766. The molecule has 1 rings (SSSR count). The third kappa shape index (κ3) is 4.37. The minimum Gasteiger partial charge on any atom is -0.352 e. The second-order valence-electron chi connectivity index (χ2n) is 3.33. The molecule has 0 aliphatic heterocycles. The summed E-state index contributed by atoms with van der Waals surface area (Å²) in [6.07, 6.45) is 0.0690. The summed E-state index contributed by atoms with van der Waals surface area (Å²) >= 11 is 0. The SMILES string of the molecule is C=CCNc1nccn1CCCC(F)(F)F. The number of hydrogen-bond donors (Lipinski definition) is 1. The van der Waals surface area contributed by atoms with Crippen molar-refractivity contribution < 1.29 is 13.2 Å². The van der Waals surface area contributed by atoms with Gasteiger partial charge in [-0.1, -0.05) is 6.08 Å². The number of halogens is 3. The minimum atomic E-state index is -4.09. The van der Waals surface area contributed by atoms with Crippen molar-refractivity contribution in [3.63, 3.8) is 0 Å². The van der Waals surface area contributed by atoms with E-state index < -0.39 is 12.6 Å². The molecule has 0 atom stereocenters. The van der Waals surface area contributed by atoms with Gasteiger partial charge in [-0.25, -0.2) is 4.98 Å². The van der Waals surface area contributed by atoms with Crippen LogP contribution < -0.4 is 5.32 Å². The van der Waals surface area contributed by atoms with Crippen molar-refractivity contribution in [3.05, 3.63) is 25.0 Å². The number of rotatable bonds is 6. The van der Waals surface area contributed by atoms with E-state index in [0.29, 0.717) is 19.0 Å². The number of imidazole rings is 1. The first-order chi connectivity index (χ1) is 7.53. The average Bonchev–Trinajstić information content (AvgIpc) is 2.60. The van der Waals surface area contributed by atoms with Crippen molar-refractivity contribution in [2.75, 3.05) is 11.9 Å².